The van der Waals surface area contributed by atoms with E-state index in [0.717, 1.165) is 12.2 Å². The van der Waals surface area contributed by atoms with Crippen molar-refractivity contribution in [1.82, 2.24) is 4.31 Å². The second kappa shape index (κ2) is 9.11. The summed E-state index contributed by atoms with van der Waals surface area (Å²) in [5.41, 5.74) is 7.44. The molecule has 0 unspecified atom stereocenters. The van der Waals surface area contributed by atoms with Crippen LogP contribution in [0.25, 0.3) is 0 Å². The molecule has 0 spiro atoms. The minimum absolute atomic E-state index is 0.250. The highest BCUT2D eigenvalue weighted by molar-refractivity contribution is 7.96. The Balaban J connectivity index is 0.000000677. The van der Waals surface area contributed by atoms with Gasteiger partial charge >= 0.3 is 0 Å². The lowest BCUT2D eigenvalue weighted by Gasteiger charge is -2.41. The van der Waals surface area contributed by atoms with E-state index in [1.165, 1.54) is 36.9 Å². The summed E-state index contributed by atoms with van der Waals surface area (Å²) in [6.45, 7) is 8.22. The van der Waals surface area contributed by atoms with Crippen molar-refractivity contribution in [3.8, 4) is 0 Å². The van der Waals surface area contributed by atoms with Crippen LogP contribution in [0.15, 0.2) is 24.3 Å². The maximum absolute atomic E-state index is 8.58. The number of carbonyl (C=O) groups is 1. The molecule has 1 heterocycles. The van der Waals surface area contributed by atoms with Gasteiger partial charge in [0, 0.05) is 17.8 Å². The molecule has 0 bridgehead atoms. The molecule has 1 aromatic carbocycles. The number of nitrogens with two attached hydrogens (primary N) is 1. The number of nitrogens with zero attached hydrogens (tertiary/aromatic N) is 1. The van der Waals surface area contributed by atoms with E-state index >= 15 is 0 Å². The van der Waals surface area contributed by atoms with Crippen molar-refractivity contribution in [2.45, 2.75) is 57.7 Å². The van der Waals surface area contributed by atoms with Crippen LogP contribution in [0.4, 0.5) is 0 Å². The van der Waals surface area contributed by atoms with Crippen LogP contribution in [-0.2, 0) is 17.0 Å². The van der Waals surface area contributed by atoms with Gasteiger partial charge in [-0.1, -0.05) is 49.6 Å². The third-order valence-corrected chi connectivity index (χ3v) is 5.31. The van der Waals surface area contributed by atoms with Crippen LogP contribution in [0, 0.1) is 0 Å². The standard InChI is InChI=1S/C16H25NS.CH3NO/c1-4-14-8-7-9-15(12-14)13-18-17-11-6-5-10-16(17,2)3;2-1-3/h7-9,12H,4-6,10-11,13H2,1-3H3;1H,(H2,2,3). The molecule has 0 aromatic heterocycles. The number of primary amides is 1. The Hall–Kier alpha value is -1.00. The van der Waals surface area contributed by atoms with Gasteiger partial charge in [-0.25, -0.2) is 4.31 Å². The maximum atomic E-state index is 8.58. The molecule has 1 fully saturated rings. The largest absolute Gasteiger partial charge is 0.372 e. The van der Waals surface area contributed by atoms with Crippen LogP contribution in [-0.4, -0.2) is 22.8 Å². The van der Waals surface area contributed by atoms with Crippen molar-refractivity contribution >= 4 is 18.4 Å². The molecule has 0 atom stereocenters. The Morgan fingerprint density at radius 1 is 1.33 bits per heavy atom. The van der Waals surface area contributed by atoms with Gasteiger partial charge in [-0.05, 0) is 44.2 Å². The van der Waals surface area contributed by atoms with Gasteiger partial charge in [-0.3, -0.25) is 4.79 Å². The van der Waals surface area contributed by atoms with Crippen molar-refractivity contribution in [3.63, 3.8) is 0 Å². The number of aryl methyl sites for hydroxylation is 1. The van der Waals surface area contributed by atoms with Crippen molar-refractivity contribution in [2.24, 2.45) is 5.73 Å². The number of benzene rings is 1. The average molecular weight is 308 g/mol. The first-order valence-corrected chi connectivity index (χ1v) is 8.61. The second-order valence-corrected chi connectivity index (χ2v) is 6.94. The van der Waals surface area contributed by atoms with E-state index in [2.05, 4.69) is 55.1 Å². The van der Waals surface area contributed by atoms with E-state index in [1.54, 1.807) is 0 Å². The summed E-state index contributed by atoms with van der Waals surface area (Å²) in [4.78, 5) is 8.58. The molecule has 0 saturated carbocycles. The van der Waals surface area contributed by atoms with Gasteiger partial charge in [0.15, 0.2) is 0 Å². The topological polar surface area (TPSA) is 46.3 Å². The first-order chi connectivity index (χ1) is 10.0. The highest BCUT2D eigenvalue weighted by Crippen LogP contribution is 2.34. The summed E-state index contributed by atoms with van der Waals surface area (Å²) in [6.07, 6.45) is 5.45. The van der Waals surface area contributed by atoms with Crippen LogP contribution in [0.5, 0.6) is 0 Å². The summed E-state index contributed by atoms with van der Waals surface area (Å²) in [5, 5.41) is 0. The molecule has 2 rings (SSSR count). The lowest BCUT2D eigenvalue weighted by atomic mass is 9.93. The van der Waals surface area contributed by atoms with Crippen molar-refractivity contribution in [2.75, 3.05) is 6.54 Å². The maximum Gasteiger partial charge on any atom is 0.204 e. The minimum atomic E-state index is 0.250. The molecular formula is C17H28N2OS. The zero-order valence-corrected chi connectivity index (χ0v) is 14.3. The number of hydrogen-bond acceptors (Lipinski definition) is 3. The Morgan fingerprint density at radius 2 is 2.00 bits per heavy atom. The SMILES string of the molecule is CCc1cccc(CSN2CCCCC2(C)C)c1.NC=O. The van der Waals surface area contributed by atoms with Gasteiger partial charge in [-0.2, -0.15) is 0 Å². The van der Waals surface area contributed by atoms with Gasteiger partial charge in [-0.15, -0.1) is 0 Å². The third kappa shape index (κ3) is 6.10. The third-order valence-electron chi connectivity index (χ3n) is 3.86. The van der Waals surface area contributed by atoms with Crippen LogP contribution in [0.1, 0.15) is 51.2 Å². The van der Waals surface area contributed by atoms with E-state index in [9.17, 15) is 0 Å². The van der Waals surface area contributed by atoms with Crippen molar-refractivity contribution < 1.29 is 4.79 Å². The fraction of sp³-hybridized carbons (Fsp3) is 0.588. The Morgan fingerprint density at radius 3 is 2.62 bits per heavy atom. The van der Waals surface area contributed by atoms with Gasteiger partial charge in [0.05, 0.1) is 0 Å². The lowest BCUT2D eigenvalue weighted by Crippen LogP contribution is -2.42. The summed E-state index contributed by atoms with van der Waals surface area (Å²) in [7, 11) is 0. The fourth-order valence-corrected chi connectivity index (χ4v) is 3.75. The molecule has 21 heavy (non-hydrogen) atoms. The van der Waals surface area contributed by atoms with E-state index in [4.69, 9.17) is 4.79 Å². The van der Waals surface area contributed by atoms with Gasteiger partial charge in [0.25, 0.3) is 0 Å². The quantitative estimate of drug-likeness (QED) is 0.680. The molecule has 3 nitrogen and oxygen atoms in total. The highest BCUT2D eigenvalue weighted by atomic mass is 32.2. The van der Waals surface area contributed by atoms with E-state index in [-0.39, 0.29) is 6.41 Å². The van der Waals surface area contributed by atoms with E-state index < -0.39 is 0 Å². The molecule has 0 radical (unpaired) electrons. The Labute approximate surface area is 133 Å². The number of hydrogen-bond donors (Lipinski definition) is 1. The first-order valence-electron chi connectivity index (χ1n) is 7.67. The fourth-order valence-electron chi connectivity index (χ4n) is 2.57. The van der Waals surface area contributed by atoms with Crippen molar-refractivity contribution in [3.05, 3.63) is 35.4 Å². The van der Waals surface area contributed by atoms with Gasteiger partial charge in [0.2, 0.25) is 6.41 Å². The zero-order valence-electron chi connectivity index (χ0n) is 13.5. The monoisotopic (exact) mass is 308 g/mol. The number of piperidine rings is 1. The van der Waals surface area contributed by atoms with Gasteiger partial charge < -0.3 is 5.73 Å². The van der Waals surface area contributed by atoms with E-state index in [0.29, 0.717) is 5.54 Å². The molecule has 1 aromatic rings. The number of amides is 1. The van der Waals surface area contributed by atoms with E-state index in [1.807, 2.05) is 11.9 Å². The van der Waals surface area contributed by atoms with Gasteiger partial charge in [0.1, 0.15) is 0 Å². The van der Waals surface area contributed by atoms with Crippen LogP contribution >= 0.6 is 11.9 Å². The number of rotatable bonds is 4. The zero-order chi connectivity index (χ0) is 15.7. The van der Waals surface area contributed by atoms with Crippen LogP contribution in [0.3, 0.4) is 0 Å². The molecule has 1 amide bonds. The normalized spacial score (nSPS) is 17.7. The van der Waals surface area contributed by atoms with Crippen molar-refractivity contribution in [1.29, 1.82) is 0 Å². The predicted octanol–water partition coefficient (Wildman–Crippen LogP) is 3.76. The Bertz CT molecular complexity index is 435. The smallest absolute Gasteiger partial charge is 0.204 e. The molecule has 118 valence electrons. The summed E-state index contributed by atoms with van der Waals surface area (Å²) in [6, 6.07) is 9.02. The average Bonchev–Trinajstić information content (AvgIpc) is 2.47. The van der Waals surface area contributed by atoms with Crippen LogP contribution in [0.2, 0.25) is 0 Å². The minimum Gasteiger partial charge on any atom is -0.372 e. The molecule has 1 saturated heterocycles. The summed E-state index contributed by atoms with van der Waals surface area (Å²) in [5.74, 6) is 1.11. The molecule has 1 aliphatic heterocycles. The first kappa shape index (κ1) is 18.1. The Kier molecular flexibility index (Phi) is 7.83. The summed E-state index contributed by atoms with van der Waals surface area (Å²) < 4.78 is 2.59. The predicted molar refractivity (Wildman–Crippen MR) is 92.0 cm³/mol. The number of carbonyl (C=O) groups excluding carboxylic acids is 1. The second-order valence-electron chi connectivity index (χ2n) is 5.95. The highest BCUT2D eigenvalue weighted by Gasteiger charge is 2.29. The molecule has 2 N–H and O–H groups in total. The molecule has 4 heteroatoms. The molecular weight excluding hydrogens is 280 g/mol. The lowest BCUT2D eigenvalue weighted by molar-refractivity contribution is -0.106. The molecule has 1 aliphatic rings. The summed E-state index contributed by atoms with van der Waals surface area (Å²) >= 11 is 2.01. The van der Waals surface area contributed by atoms with Crippen LogP contribution < -0.4 is 5.73 Å². The molecule has 0 aliphatic carbocycles.